The molecule has 0 aliphatic rings. The van der Waals surface area contributed by atoms with Crippen LogP contribution in [0.1, 0.15) is 30.0 Å². The summed E-state index contributed by atoms with van der Waals surface area (Å²) in [6.07, 6.45) is 2.28. The van der Waals surface area contributed by atoms with Gasteiger partial charge in [0.15, 0.2) is 0 Å². The molecule has 1 rings (SSSR count). The lowest BCUT2D eigenvalue weighted by Crippen LogP contribution is -2.20. The minimum absolute atomic E-state index is 0.676. The Hall–Kier alpha value is -1.02. The van der Waals surface area contributed by atoms with E-state index < -0.39 is 0 Å². The second-order valence-electron chi connectivity index (χ2n) is 4.80. The molecule has 0 heterocycles. The van der Waals surface area contributed by atoms with Crippen LogP contribution in [0.25, 0.3) is 0 Å². The zero-order chi connectivity index (χ0) is 12.8. The monoisotopic (exact) mass is 235 g/mol. The molecule has 0 fully saturated rings. The van der Waals surface area contributed by atoms with Crippen LogP contribution < -0.4 is 10.1 Å². The van der Waals surface area contributed by atoms with E-state index in [1.807, 2.05) is 7.05 Å². The maximum absolute atomic E-state index is 5.51. The normalized spacial score (nSPS) is 12.5. The van der Waals surface area contributed by atoms with Crippen molar-refractivity contribution < 1.29 is 4.74 Å². The fourth-order valence-electron chi connectivity index (χ4n) is 2.34. The van der Waals surface area contributed by atoms with Crippen molar-refractivity contribution in [2.75, 3.05) is 20.7 Å². The molecule has 0 spiro atoms. The minimum Gasteiger partial charge on any atom is -0.496 e. The molecule has 0 aromatic heterocycles. The van der Waals surface area contributed by atoms with Crippen LogP contribution >= 0.6 is 0 Å². The van der Waals surface area contributed by atoms with E-state index in [1.165, 1.54) is 23.1 Å². The second-order valence-corrected chi connectivity index (χ2v) is 4.80. The summed E-state index contributed by atoms with van der Waals surface area (Å²) < 4.78 is 5.51. The van der Waals surface area contributed by atoms with Crippen molar-refractivity contribution in [1.29, 1.82) is 0 Å². The summed E-state index contributed by atoms with van der Waals surface area (Å²) in [6, 6.07) is 4.37. The van der Waals surface area contributed by atoms with Crippen molar-refractivity contribution in [3.8, 4) is 5.75 Å². The van der Waals surface area contributed by atoms with Gasteiger partial charge in [-0.15, -0.1) is 0 Å². The first-order chi connectivity index (χ1) is 8.12. The lowest BCUT2D eigenvalue weighted by Gasteiger charge is -2.19. The van der Waals surface area contributed by atoms with E-state index in [0.717, 1.165) is 18.7 Å². The number of methoxy groups -OCH3 is 1. The third kappa shape index (κ3) is 3.74. The van der Waals surface area contributed by atoms with Crippen LogP contribution in [-0.2, 0) is 6.42 Å². The van der Waals surface area contributed by atoms with Crippen LogP contribution in [-0.4, -0.2) is 20.7 Å². The van der Waals surface area contributed by atoms with E-state index in [2.05, 4.69) is 38.2 Å². The highest BCUT2D eigenvalue weighted by Gasteiger charge is 2.13. The molecule has 1 aromatic rings. The van der Waals surface area contributed by atoms with Crippen LogP contribution in [0.2, 0.25) is 0 Å². The fraction of sp³-hybridized carbons (Fsp3) is 0.600. The van der Waals surface area contributed by atoms with Crippen LogP contribution in [0.15, 0.2) is 12.1 Å². The van der Waals surface area contributed by atoms with Gasteiger partial charge in [-0.3, -0.25) is 0 Å². The quantitative estimate of drug-likeness (QED) is 0.818. The SMILES string of the molecule is CCC(CNC)Cc1c(C)cc(C)cc1OC. The van der Waals surface area contributed by atoms with Crippen molar-refractivity contribution >= 4 is 0 Å². The predicted molar refractivity (Wildman–Crippen MR) is 73.9 cm³/mol. The van der Waals surface area contributed by atoms with Gasteiger partial charge in [0.2, 0.25) is 0 Å². The van der Waals surface area contributed by atoms with Gasteiger partial charge in [0.05, 0.1) is 7.11 Å². The van der Waals surface area contributed by atoms with E-state index in [-0.39, 0.29) is 0 Å². The fourth-order valence-corrected chi connectivity index (χ4v) is 2.34. The van der Waals surface area contributed by atoms with E-state index in [0.29, 0.717) is 5.92 Å². The molecular weight excluding hydrogens is 210 g/mol. The summed E-state index contributed by atoms with van der Waals surface area (Å²) in [6.45, 7) is 7.60. The standard InChI is InChI=1S/C15H25NO/c1-6-13(10-16-4)9-14-12(3)7-11(2)8-15(14)17-5/h7-8,13,16H,6,9-10H2,1-5H3. The molecule has 96 valence electrons. The molecule has 2 heteroatoms. The summed E-state index contributed by atoms with van der Waals surface area (Å²) in [5.41, 5.74) is 3.97. The molecule has 0 saturated carbocycles. The number of rotatable bonds is 6. The highest BCUT2D eigenvalue weighted by molar-refractivity contribution is 5.43. The molecule has 17 heavy (non-hydrogen) atoms. The first kappa shape index (κ1) is 14.0. The van der Waals surface area contributed by atoms with E-state index >= 15 is 0 Å². The second kappa shape index (κ2) is 6.65. The molecule has 0 bridgehead atoms. The third-order valence-corrected chi connectivity index (χ3v) is 3.36. The Morgan fingerprint density at radius 1 is 1.29 bits per heavy atom. The highest BCUT2D eigenvalue weighted by Crippen LogP contribution is 2.27. The van der Waals surface area contributed by atoms with Crippen molar-refractivity contribution in [2.45, 2.75) is 33.6 Å². The lowest BCUT2D eigenvalue weighted by molar-refractivity contribution is 0.399. The average Bonchev–Trinajstić information content (AvgIpc) is 2.30. The highest BCUT2D eigenvalue weighted by atomic mass is 16.5. The van der Waals surface area contributed by atoms with E-state index in [9.17, 15) is 0 Å². The largest absolute Gasteiger partial charge is 0.496 e. The summed E-state index contributed by atoms with van der Waals surface area (Å²) in [5.74, 6) is 1.72. The minimum atomic E-state index is 0.676. The maximum atomic E-state index is 5.51. The van der Waals surface area contributed by atoms with Gasteiger partial charge in [0.25, 0.3) is 0 Å². The first-order valence-electron chi connectivity index (χ1n) is 6.41. The van der Waals surface area contributed by atoms with E-state index in [4.69, 9.17) is 4.74 Å². The summed E-state index contributed by atoms with van der Waals surface area (Å²) in [4.78, 5) is 0. The van der Waals surface area contributed by atoms with Gasteiger partial charge in [0, 0.05) is 0 Å². The summed E-state index contributed by atoms with van der Waals surface area (Å²) >= 11 is 0. The Kier molecular flexibility index (Phi) is 5.49. The molecule has 0 aliphatic carbocycles. The summed E-state index contributed by atoms with van der Waals surface area (Å²) in [5, 5.41) is 3.27. The predicted octanol–water partition coefficient (Wildman–Crippen LogP) is 3.10. The van der Waals surface area contributed by atoms with Gasteiger partial charge in [-0.05, 0) is 62.5 Å². The van der Waals surface area contributed by atoms with Crippen LogP contribution in [0.4, 0.5) is 0 Å². The Morgan fingerprint density at radius 3 is 2.53 bits per heavy atom. The van der Waals surface area contributed by atoms with Gasteiger partial charge in [-0.25, -0.2) is 0 Å². The van der Waals surface area contributed by atoms with Gasteiger partial charge in [-0.2, -0.15) is 0 Å². The molecule has 1 unspecified atom stereocenters. The molecule has 2 nitrogen and oxygen atoms in total. The van der Waals surface area contributed by atoms with Crippen molar-refractivity contribution in [3.05, 3.63) is 28.8 Å². The number of hydrogen-bond donors (Lipinski definition) is 1. The topological polar surface area (TPSA) is 21.3 Å². The molecule has 1 atom stereocenters. The van der Waals surface area contributed by atoms with Gasteiger partial charge in [-0.1, -0.05) is 19.4 Å². The number of benzene rings is 1. The maximum Gasteiger partial charge on any atom is 0.122 e. The smallest absolute Gasteiger partial charge is 0.122 e. The van der Waals surface area contributed by atoms with Crippen molar-refractivity contribution in [2.24, 2.45) is 5.92 Å². The number of hydrogen-bond acceptors (Lipinski definition) is 2. The molecule has 0 aliphatic heterocycles. The molecule has 0 saturated heterocycles. The van der Waals surface area contributed by atoms with E-state index in [1.54, 1.807) is 7.11 Å². The molecule has 0 amide bonds. The number of nitrogens with one attached hydrogen (secondary N) is 1. The molecule has 0 radical (unpaired) electrons. The first-order valence-corrected chi connectivity index (χ1v) is 6.41. The zero-order valence-electron chi connectivity index (χ0n) is 11.8. The Labute approximate surface area is 105 Å². The Bertz CT molecular complexity index is 360. The molecule has 1 aromatic carbocycles. The zero-order valence-corrected chi connectivity index (χ0v) is 11.8. The van der Waals surface area contributed by atoms with Crippen molar-refractivity contribution in [3.63, 3.8) is 0 Å². The third-order valence-electron chi connectivity index (χ3n) is 3.36. The Morgan fingerprint density at radius 2 is 2.00 bits per heavy atom. The Balaban J connectivity index is 2.95. The van der Waals surface area contributed by atoms with Crippen LogP contribution in [0.5, 0.6) is 5.75 Å². The lowest BCUT2D eigenvalue weighted by atomic mass is 9.92. The van der Waals surface area contributed by atoms with Crippen molar-refractivity contribution in [1.82, 2.24) is 5.32 Å². The molecular formula is C15H25NO. The van der Waals surface area contributed by atoms with Gasteiger partial charge < -0.3 is 10.1 Å². The van der Waals surface area contributed by atoms with Gasteiger partial charge >= 0.3 is 0 Å². The summed E-state index contributed by atoms with van der Waals surface area (Å²) in [7, 11) is 3.78. The average molecular weight is 235 g/mol. The molecule has 1 N–H and O–H groups in total. The van der Waals surface area contributed by atoms with Crippen LogP contribution in [0.3, 0.4) is 0 Å². The number of aryl methyl sites for hydroxylation is 2. The van der Waals surface area contributed by atoms with Crippen LogP contribution in [0, 0.1) is 19.8 Å². The van der Waals surface area contributed by atoms with Gasteiger partial charge in [0.1, 0.15) is 5.75 Å². The number of ether oxygens (including phenoxy) is 1.